The lowest BCUT2D eigenvalue weighted by atomic mass is 10.0. The number of pyridine rings is 4. The summed E-state index contributed by atoms with van der Waals surface area (Å²) in [5.74, 6) is -8.12. The molecule has 4 aliphatic rings. The van der Waals surface area contributed by atoms with E-state index in [1.54, 1.807) is 180 Å². The number of fused-ring (bicyclic) bond motifs is 8. The molecular formula is C105H138N16O24S4. The highest BCUT2D eigenvalue weighted by molar-refractivity contribution is 8.14. The van der Waals surface area contributed by atoms with E-state index in [9.17, 15) is 95.9 Å². The number of unbranched alkanes of at least 4 members (excludes halogenated alkanes) is 4. The maximum Gasteiger partial charge on any atom is 0.329 e. The Morgan fingerprint density at radius 1 is 0.369 bits per heavy atom. The van der Waals surface area contributed by atoms with E-state index in [2.05, 4.69) is 90.7 Å². The number of nitrogens with zero attached hydrogens (tertiary/aromatic N) is 4. The lowest BCUT2D eigenvalue weighted by Gasteiger charge is -2.24. The molecule has 44 heteroatoms. The fourth-order valence-corrected chi connectivity index (χ4v) is 15.9. The molecule has 12 N–H and O–H groups in total. The van der Waals surface area contributed by atoms with Crippen LogP contribution < -0.4 is 63.8 Å². The molecule has 0 saturated carbocycles. The third kappa shape index (κ3) is 48.3. The second-order valence-electron chi connectivity index (χ2n) is 34.7. The second-order valence-corrected chi connectivity index (χ2v) is 39.2. The van der Waals surface area contributed by atoms with Gasteiger partial charge in [-0.25, -0.2) is 39.1 Å². The van der Waals surface area contributed by atoms with Gasteiger partial charge in [0.1, 0.15) is 94.1 Å². The summed E-state index contributed by atoms with van der Waals surface area (Å²) in [6, 6.07) is 15.1. The molecule has 0 saturated heterocycles. The summed E-state index contributed by atoms with van der Waals surface area (Å²) in [6.07, 6.45) is 24.1. The third-order valence-electron chi connectivity index (χ3n) is 21.7. The number of hydrogen-bond acceptors (Lipinski definition) is 32. The van der Waals surface area contributed by atoms with Gasteiger partial charge in [-0.1, -0.05) is 208 Å². The first-order valence-electron chi connectivity index (χ1n) is 49.3. The average molecular weight is 2140 g/mol. The average Bonchev–Trinajstić information content (AvgIpc) is 0.876. The number of nitrogens with one attached hydrogen (secondary N) is 12. The van der Waals surface area contributed by atoms with Crippen LogP contribution in [0.3, 0.4) is 0 Å². The van der Waals surface area contributed by atoms with E-state index in [0.717, 1.165) is 36.6 Å². The minimum Gasteiger partial charge on any atom is -0.456 e. The number of cyclic esters (lactones) is 4. The number of ether oxygens (including phenoxy) is 4. The zero-order valence-corrected chi connectivity index (χ0v) is 89.7. The third-order valence-corrected chi connectivity index (χ3v) is 25.2. The summed E-state index contributed by atoms with van der Waals surface area (Å²) in [5.41, 5.74) is 2.69. The molecule has 0 fully saturated rings. The van der Waals surface area contributed by atoms with Gasteiger partial charge in [-0.05, 0) is 157 Å². The van der Waals surface area contributed by atoms with Crippen molar-refractivity contribution in [3.05, 3.63) is 214 Å². The van der Waals surface area contributed by atoms with Gasteiger partial charge in [0, 0.05) is 42.8 Å². The van der Waals surface area contributed by atoms with E-state index >= 15 is 0 Å². The van der Waals surface area contributed by atoms with Gasteiger partial charge in [0.05, 0.1) is 74.6 Å². The minimum absolute atomic E-state index is 0.00352. The van der Waals surface area contributed by atoms with Crippen LogP contribution in [0.5, 0.6) is 0 Å². The molecular weight excluding hydrogens is 2000 g/mol. The van der Waals surface area contributed by atoms with E-state index < -0.39 is 120 Å². The number of carbonyl (C=O) groups excluding carboxylic acids is 20. The van der Waals surface area contributed by atoms with Crippen molar-refractivity contribution < 1.29 is 115 Å². The zero-order valence-electron chi connectivity index (χ0n) is 86.5. The Balaban J connectivity index is 0.000000350. The molecule has 8 rings (SSSR count). The predicted octanol–water partition coefficient (Wildman–Crippen LogP) is 10.2. The van der Waals surface area contributed by atoms with Gasteiger partial charge in [-0.3, -0.25) is 76.7 Å². The number of thioether (sulfide) groups is 4. The van der Waals surface area contributed by atoms with Crippen molar-refractivity contribution >= 4 is 163 Å². The lowest BCUT2D eigenvalue weighted by Crippen LogP contribution is -2.48. The van der Waals surface area contributed by atoms with Crippen LogP contribution in [-0.4, -0.2) is 207 Å². The van der Waals surface area contributed by atoms with Crippen LogP contribution in [0, 0.1) is 17.8 Å². The Morgan fingerprint density at radius 3 is 0.940 bits per heavy atom. The van der Waals surface area contributed by atoms with Crippen LogP contribution in [0.4, 0.5) is 0 Å². The molecule has 4 aromatic heterocycles. The summed E-state index contributed by atoms with van der Waals surface area (Å²) in [4.78, 5) is 267. The van der Waals surface area contributed by atoms with Gasteiger partial charge in [0.25, 0.3) is 47.3 Å². The smallest absolute Gasteiger partial charge is 0.329 e. The summed E-state index contributed by atoms with van der Waals surface area (Å²) in [6.45, 7) is 24.2. The fraction of sp³-hybridized carbons (Fsp3) is 0.467. The summed E-state index contributed by atoms with van der Waals surface area (Å²) >= 11 is 4.80. The van der Waals surface area contributed by atoms with Crippen molar-refractivity contribution in [3.8, 4) is 0 Å². The molecule has 0 aliphatic carbocycles. The van der Waals surface area contributed by atoms with Crippen LogP contribution in [-0.2, 0) is 122 Å². The number of hydrogen-bond donors (Lipinski definition) is 12. The molecule has 0 radical (unpaired) electrons. The van der Waals surface area contributed by atoms with E-state index in [4.69, 9.17) is 18.9 Å². The van der Waals surface area contributed by atoms with Crippen LogP contribution >= 0.6 is 47.0 Å². The Labute approximate surface area is 885 Å². The summed E-state index contributed by atoms with van der Waals surface area (Å²) < 4.78 is 22.4. The highest BCUT2D eigenvalue weighted by atomic mass is 32.2. The molecule has 0 unspecified atom stereocenters. The Morgan fingerprint density at radius 2 is 0.658 bits per heavy atom. The SMILES string of the molecule is C/C=C1\NC(=O)c2cccc(n2)CNC(=O)C[C@@H](/C=C/CCSC(=O)CC)OC(=O)[C@H](C(C)C)NC1=O.C/C=C1\NC(=O)c2cccc(n2)CNC(=O)C[C@@H](/C=C/CCSC(=O)CCCCCCC)OC(=O)[C@H](CC)NC1=O.C/C=C1\NC(=O)c2cccc(n2)CNC(=O)C[C@@H](/C=C/CCSC(C)=O)OC(=O)[C@H](C(C)C)NC1=O.C/C=C1\NC(=O)c2cccc(n2)CNC(=O)C[C@@H](/C=C/CCSC=O)OC(=O)[C@H](C(C)C)NC1=O. The van der Waals surface area contributed by atoms with Gasteiger partial charge in [-0.2, -0.15) is 0 Å². The van der Waals surface area contributed by atoms with E-state index in [1.165, 1.54) is 104 Å². The first kappa shape index (κ1) is 126. The lowest BCUT2D eigenvalue weighted by molar-refractivity contribution is -0.153. The number of carbonyl (C=O) groups is 20. The molecule has 0 aromatic carbocycles. The van der Waals surface area contributed by atoms with Crippen molar-refractivity contribution in [2.75, 3.05) is 23.0 Å². The molecule has 806 valence electrons. The molecule has 8 heterocycles. The van der Waals surface area contributed by atoms with Crippen molar-refractivity contribution in [2.45, 2.75) is 274 Å². The van der Waals surface area contributed by atoms with Gasteiger partial charge >= 0.3 is 23.9 Å². The normalized spacial score (nSPS) is 20.8. The zero-order chi connectivity index (χ0) is 110. The molecule has 4 aromatic rings. The fourth-order valence-electron chi connectivity index (χ4n) is 13.6. The van der Waals surface area contributed by atoms with Crippen LogP contribution in [0.1, 0.15) is 264 Å². The maximum absolute atomic E-state index is 13.1. The number of aromatic nitrogens is 4. The monoisotopic (exact) mass is 2130 g/mol. The Kier molecular flexibility index (Phi) is 58.5. The summed E-state index contributed by atoms with van der Waals surface area (Å²) in [7, 11) is 0. The molecule has 4 aliphatic heterocycles. The van der Waals surface area contributed by atoms with Crippen LogP contribution in [0.25, 0.3) is 0 Å². The number of amides is 12. The molecule has 8 atom stereocenters. The molecule has 40 nitrogen and oxygen atoms in total. The molecule has 0 spiro atoms. The van der Waals surface area contributed by atoms with Gasteiger partial charge in [0.2, 0.25) is 23.6 Å². The van der Waals surface area contributed by atoms with Crippen molar-refractivity contribution in [1.82, 2.24) is 83.7 Å². The van der Waals surface area contributed by atoms with Crippen molar-refractivity contribution in [3.63, 3.8) is 0 Å². The highest BCUT2D eigenvalue weighted by Gasteiger charge is 2.36. The van der Waals surface area contributed by atoms with Gasteiger partial charge in [-0.15, -0.1) is 0 Å². The Hall–Kier alpha value is -13.9. The first-order valence-corrected chi connectivity index (χ1v) is 53.3. The van der Waals surface area contributed by atoms with Crippen LogP contribution in [0.15, 0.2) is 168 Å². The minimum atomic E-state index is -1.02. The largest absolute Gasteiger partial charge is 0.456 e. The van der Waals surface area contributed by atoms with Gasteiger partial charge < -0.3 is 82.7 Å². The standard InChI is InChI=1S/C30H42N4O6S.C26H34N4O6S.C25H32N4O6S.C24H30N4O6S/c1-4-7-8-9-10-17-27(36)41-18-12-11-15-22-19-26(35)31-20-21-14-13-16-25(32-21)29(38)33-23(5-2)28(37)34-24(6-3)30(39)40-22;1-5-19-24(33)30-23(16(3)4)26(35)36-18(11-7-8-13-37-22(32)6-2)14-21(31)27-15-17-10-9-12-20(28-17)25(34)29-19;1-5-19-23(32)29-22(15(2)3)25(34)35-18(10-6-7-12-36-16(4)30)13-21(31)26-14-17-9-8-11-20(27-17)24(33)28-19;1-4-18-22(31)28-21(15(2)3)24(33)34-17(9-5-6-11-35-14-29)12-20(30)25-13-16-8-7-10-19(26-16)23(32)27-18/h5,11,13-16,22,24H,4,6-10,12,17-20H2,1-3H3,(H,31,35)(H,33,38)(H,34,37);5,7,9-12,16,18,23H,6,8,13-15H2,1-4H3,(H,27,31)(H,29,34)(H,30,33);5-6,8-11,15,18,22H,7,12-14H2,1-4H3,(H,26,31)(H,28,33)(H,29,32);4-5,7-10,14-15,17,21H,6,11-13H2,1-3H3,(H,25,30)(H,27,32)(H,28,31)/b15-11+,23-5-;11-7+,19-5-;10-6+,19-5-;9-5+,18-4-/t22-,24+;18-,23+;18-,22+;17-,21+/m1111/s1. The van der Waals surface area contributed by atoms with E-state index in [-0.39, 0.29) is 161 Å². The van der Waals surface area contributed by atoms with Gasteiger partial charge in [0.15, 0.2) is 21.0 Å². The van der Waals surface area contributed by atoms with E-state index in [0.29, 0.717) is 84.3 Å². The number of esters is 4. The number of rotatable bonds is 28. The topological polar surface area (TPSA) is 574 Å². The molecule has 12 amide bonds. The highest BCUT2D eigenvalue weighted by Crippen LogP contribution is 2.22. The predicted molar refractivity (Wildman–Crippen MR) is 566 cm³/mol. The van der Waals surface area contributed by atoms with Crippen molar-refractivity contribution in [2.24, 2.45) is 17.8 Å². The quantitative estimate of drug-likeness (QED) is 0.00628. The molecule has 149 heavy (non-hydrogen) atoms. The van der Waals surface area contributed by atoms with E-state index in [1.807, 2.05) is 0 Å². The Bertz CT molecular complexity index is 5580. The second kappa shape index (κ2) is 69.4. The molecule has 8 bridgehead atoms. The maximum atomic E-state index is 13.1. The van der Waals surface area contributed by atoms with Crippen molar-refractivity contribution in [1.29, 1.82) is 0 Å². The van der Waals surface area contributed by atoms with Crippen LogP contribution in [0.2, 0.25) is 0 Å². The first-order chi connectivity index (χ1) is 71.2. The number of allylic oxidation sites excluding steroid dienone is 8. The summed E-state index contributed by atoms with van der Waals surface area (Å²) in [5, 5.41) is 31.7.